The van der Waals surface area contributed by atoms with Crippen molar-refractivity contribution in [1.82, 2.24) is 4.98 Å². The number of ketones is 1. The number of aromatic nitrogens is 1. The first-order valence-corrected chi connectivity index (χ1v) is 12.1. The van der Waals surface area contributed by atoms with E-state index in [4.69, 9.17) is 9.47 Å². The van der Waals surface area contributed by atoms with Gasteiger partial charge in [0.05, 0.1) is 5.56 Å². The minimum absolute atomic E-state index is 0.163. The molecule has 0 spiro atoms. The quantitative estimate of drug-likeness (QED) is 0.282. The van der Waals surface area contributed by atoms with E-state index in [1.165, 1.54) is 5.56 Å². The van der Waals surface area contributed by atoms with Crippen LogP contribution in [0.1, 0.15) is 52.9 Å². The topological polar surface area (TPSA) is 65.5 Å². The number of benzene rings is 2. The lowest BCUT2D eigenvalue weighted by Gasteiger charge is -2.24. The van der Waals surface area contributed by atoms with E-state index in [0.29, 0.717) is 18.1 Å². The van der Waals surface area contributed by atoms with Gasteiger partial charge in [0.2, 0.25) is 0 Å². The Morgan fingerprint density at radius 3 is 2.43 bits per heavy atom. The van der Waals surface area contributed by atoms with Crippen LogP contribution in [0, 0.1) is 12.8 Å². The number of aryl methyl sites for hydroxylation is 1. The lowest BCUT2D eigenvalue weighted by Crippen LogP contribution is -2.15. The second-order valence-electron chi connectivity index (χ2n) is 9.10. The maximum atomic E-state index is 12.3. The number of hydrogen-bond donors (Lipinski definition) is 0. The van der Waals surface area contributed by atoms with Crippen LogP contribution in [0.25, 0.3) is 0 Å². The van der Waals surface area contributed by atoms with Crippen LogP contribution in [-0.2, 0) is 22.6 Å². The van der Waals surface area contributed by atoms with Crippen molar-refractivity contribution in [1.29, 1.82) is 0 Å². The van der Waals surface area contributed by atoms with Crippen molar-refractivity contribution in [3.8, 4) is 5.75 Å². The van der Waals surface area contributed by atoms with Crippen LogP contribution < -0.4 is 4.74 Å². The Morgan fingerprint density at radius 1 is 0.971 bits per heavy atom. The Bertz CT molecular complexity index is 1160. The lowest BCUT2D eigenvalue weighted by molar-refractivity contribution is -0.117. The van der Waals surface area contributed by atoms with Gasteiger partial charge < -0.3 is 9.47 Å². The smallest absolute Gasteiger partial charge is 0.338 e. The summed E-state index contributed by atoms with van der Waals surface area (Å²) in [4.78, 5) is 28.4. The van der Waals surface area contributed by atoms with Gasteiger partial charge in [-0.2, -0.15) is 0 Å². The van der Waals surface area contributed by atoms with Gasteiger partial charge in [0.25, 0.3) is 0 Å². The van der Waals surface area contributed by atoms with Gasteiger partial charge in [-0.05, 0) is 86.4 Å². The fourth-order valence-electron chi connectivity index (χ4n) is 4.35. The fourth-order valence-corrected chi connectivity index (χ4v) is 4.35. The van der Waals surface area contributed by atoms with Crippen molar-refractivity contribution >= 4 is 11.8 Å². The fraction of sp³-hybridized carbons (Fsp3) is 0.300. The van der Waals surface area contributed by atoms with Gasteiger partial charge in [0.15, 0.2) is 12.4 Å². The highest BCUT2D eigenvalue weighted by atomic mass is 16.5. The van der Waals surface area contributed by atoms with Crippen LogP contribution in [0.4, 0.5) is 0 Å². The van der Waals surface area contributed by atoms with E-state index >= 15 is 0 Å². The molecule has 1 aliphatic rings. The molecule has 1 saturated carbocycles. The molecule has 180 valence electrons. The van der Waals surface area contributed by atoms with Crippen LogP contribution in [0.2, 0.25) is 0 Å². The van der Waals surface area contributed by atoms with Crippen LogP contribution in [0.15, 0.2) is 84.6 Å². The van der Waals surface area contributed by atoms with E-state index in [0.717, 1.165) is 54.7 Å². The molecule has 0 amide bonds. The minimum Gasteiger partial charge on any atom is -0.489 e. The van der Waals surface area contributed by atoms with Gasteiger partial charge in [0.1, 0.15) is 12.4 Å². The molecule has 0 aliphatic heterocycles. The molecular weight excluding hydrogens is 438 g/mol. The molecule has 3 aromatic rings. The van der Waals surface area contributed by atoms with E-state index in [1.807, 2.05) is 30.3 Å². The summed E-state index contributed by atoms with van der Waals surface area (Å²) in [5.41, 5.74) is 4.75. The zero-order chi connectivity index (χ0) is 24.5. The predicted molar refractivity (Wildman–Crippen MR) is 135 cm³/mol. The zero-order valence-electron chi connectivity index (χ0n) is 20.1. The third-order valence-corrected chi connectivity index (χ3v) is 6.29. The number of ether oxygens (including phenoxy) is 2. The van der Waals surface area contributed by atoms with E-state index < -0.39 is 5.97 Å². The van der Waals surface area contributed by atoms with Gasteiger partial charge in [-0.25, -0.2) is 4.79 Å². The number of pyridine rings is 1. The molecule has 0 bridgehead atoms. The Kier molecular flexibility index (Phi) is 8.44. The third kappa shape index (κ3) is 7.64. The minimum atomic E-state index is -0.498. The Labute approximate surface area is 206 Å². The summed E-state index contributed by atoms with van der Waals surface area (Å²) in [6, 6.07) is 21.8. The highest BCUT2D eigenvalue weighted by Crippen LogP contribution is 2.31. The standard InChI is InChI=1S/C30H31NO4/c1-22-17-27(15-16-31-22)30(33)35-21-28(32)19-25-9-7-23(8-10-25)18-24-11-13-29(14-12-24)34-20-26-5-3-2-4-6-26/h2-6,11-17,19,23H,7-10,18,20-21H2,1H3. The van der Waals surface area contributed by atoms with Crippen LogP contribution in [-0.4, -0.2) is 23.3 Å². The van der Waals surface area contributed by atoms with E-state index in [9.17, 15) is 9.59 Å². The van der Waals surface area contributed by atoms with Crippen LogP contribution >= 0.6 is 0 Å². The molecule has 2 aromatic carbocycles. The molecule has 0 unspecified atom stereocenters. The Hall–Kier alpha value is -3.73. The summed E-state index contributed by atoms with van der Waals surface area (Å²) >= 11 is 0. The summed E-state index contributed by atoms with van der Waals surface area (Å²) in [6.45, 7) is 2.14. The van der Waals surface area contributed by atoms with E-state index in [-0.39, 0.29) is 12.4 Å². The van der Waals surface area contributed by atoms with Gasteiger partial charge in [0, 0.05) is 11.9 Å². The van der Waals surface area contributed by atoms with Gasteiger partial charge in [-0.1, -0.05) is 48.0 Å². The zero-order valence-corrected chi connectivity index (χ0v) is 20.1. The first-order valence-electron chi connectivity index (χ1n) is 12.1. The molecule has 0 atom stereocenters. The molecule has 1 fully saturated rings. The molecule has 1 heterocycles. The normalized spacial score (nSPS) is 15.3. The van der Waals surface area contributed by atoms with Gasteiger partial charge in [-0.15, -0.1) is 0 Å². The van der Waals surface area contributed by atoms with Crippen molar-refractivity contribution in [3.63, 3.8) is 0 Å². The van der Waals surface area contributed by atoms with E-state index in [1.54, 1.807) is 31.3 Å². The molecule has 1 aromatic heterocycles. The number of carbonyl (C=O) groups is 2. The van der Waals surface area contributed by atoms with Crippen LogP contribution in [0.5, 0.6) is 5.75 Å². The molecule has 35 heavy (non-hydrogen) atoms. The molecule has 0 N–H and O–H groups in total. The van der Waals surface area contributed by atoms with Crippen molar-refractivity contribution < 1.29 is 19.1 Å². The largest absolute Gasteiger partial charge is 0.489 e. The van der Waals surface area contributed by atoms with Crippen LogP contribution in [0.3, 0.4) is 0 Å². The predicted octanol–water partition coefficient (Wildman–Crippen LogP) is 6.05. The first-order chi connectivity index (χ1) is 17.0. The maximum Gasteiger partial charge on any atom is 0.338 e. The number of hydrogen-bond acceptors (Lipinski definition) is 5. The van der Waals surface area contributed by atoms with Crippen molar-refractivity contribution in [2.45, 2.75) is 45.6 Å². The summed E-state index contributed by atoms with van der Waals surface area (Å²) in [5, 5.41) is 0. The monoisotopic (exact) mass is 469 g/mol. The number of esters is 1. The SMILES string of the molecule is Cc1cc(C(=O)OCC(=O)C=C2CCC(Cc3ccc(OCc4ccccc4)cc3)CC2)ccn1. The molecule has 4 rings (SSSR count). The maximum absolute atomic E-state index is 12.3. The summed E-state index contributed by atoms with van der Waals surface area (Å²) in [6.07, 6.45) is 8.19. The average Bonchev–Trinajstić information content (AvgIpc) is 2.88. The number of nitrogens with zero attached hydrogens (tertiary/aromatic N) is 1. The molecule has 0 radical (unpaired) electrons. The van der Waals surface area contributed by atoms with Crippen molar-refractivity contribution in [2.75, 3.05) is 6.61 Å². The average molecular weight is 470 g/mol. The van der Waals surface area contributed by atoms with Gasteiger partial charge in [-0.3, -0.25) is 9.78 Å². The third-order valence-electron chi connectivity index (χ3n) is 6.29. The number of carbonyl (C=O) groups excluding carboxylic acids is 2. The van der Waals surface area contributed by atoms with Crippen molar-refractivity contribution in [2.24, 2.45) is 5.92 Å². The molecule has 0 saturated heterocycles. The number of rotatable bonds is 9. The second kappa shape index (κ2) is 12.1. The van der Waals surface area contributed by atoms with Gasteiger partial charge >= 0.3 is 5.97 Å². The molecular formula is C30H31NO4. The molecule has 5 heteroatoms. The second-order valence-corrected chi connectivity index (χ2v) is 9.10. The first kappa shape index (κ1) is 24.4. The molecule has 5 nitrogen and oxygen atoms in total. The highest BCUT2D eigenvalue weighted by molar-refractivity contribution is 5.95. The molecule has 1 aliphatic carbocycles. The van der Waals surface area contributed by atoms with E-state index in [2.05, 4.69) is 29.2 Å². The summed E-state index contributed by atoms with van der Waals surface area (Å²) in [5.74, 6) is 0.821. The lowest BCUT2D eigenvalue weighted by atomic mass is 9.82. The number of allylic oxidation sites excluding steroid dienone is 1. The summed E-state index contributed by atoms with van der Waals surface area (Å²) in [7, 11) is 0. The Balaban J connectivity index is 1.18. The highest BCUT2D eigenvalue weighted by Gasteiger charge is 2.18. The summed E-state index contributed by atoms with van der Waals surface area (Å²) < 4.78 is 11.0. The van der Waals surface area contributed by atoms with Crippen molar-refractivity contribution in [3.05, 3.63) is 107 Å². The Morgan fingerprint density at radius 2 is 1.71 bits per heavy atom.